The van der Waals surface area contributed by atoms with Gasteiger partial charge in [-0.2, -0.15) is 0 Å². The third-order valence-electron chi connectivity index (χ3n) is 4.00. The van der Waals surface area contributed by atoms with Crippen LogP contribution in [0.5, 0.6) is 0 Å². The fourth-order valence-electron chi connectivity index (χ4n) is 2.73. The highest BCUT2D eigenvalue weighted by atomic mass is 32.2. The van der Waals surface area contributed by atoms with Crippen LogP contribution < -0.4 is 5.32 Å². The fraction of sp³-hybridized carbons (Fsp3) is 0.562. The normalized spacial score (nSPS) is 22.8. The van der Waals surface area contributed by atoms with Crippen molar-refractivity contribution >= 4 is 15.7 Å². The minimum absolute atomic E-state index is 0.00934. The largest absolute Gasteiger partial charge is 0.349 e. The summed E-state index contributed by atoms with van der Waals surface area (Å²) in [6.45, 7) is 2.25. The molecule has 0 spiro atoms. The van der Waals surface area contributed by atoms with Crippen LogP contribution in [0.1, 0.15) is 48.5 Å². The maximum atomic E-state index is 12.2. The van der Waals surface area contributed by atoms with Gasteiger partial charge in [0, 0.05) is 17.9 Å². The molecule has 1 fully saturated rings. The molecule has 0 aliphatic heterocycles. The second kappa shape index (κ2) is 6.60. The molecule has 2 rings (SSSR count). The van der Waals surface area contributed by atoms with Gasteiger partial charge in [0.1, 0.15) is 0 Å². The minimum Gasteiger partial charge on any atom is -0.349 e. The van der Waals surface area contributed by atoms with Crippen LogP contribution in [0.4, 0.5) is 0 Å². The van der Waals surface area contributed by atoms with E-state index in [0.717, 1.165) is 31.6 Å². The molecule has 0 radical (unpaired) electrons. The first-order valence-electron chi connectivity index (χ1n) is 7.41. The first kappa shape index (κ1) is 16.0. The SMILES string of the molecule is CC1CCC(NC(=O)c2ccc(CS(C)(=O)=O)cc2)CC1. The average Bonchev–Trinajstić information content (AvgIpc) is 2.40. The maximum absolute atomic E-state index is 12.2. The highest BCUT2D eigenvalue weighted by Gasteiger charge is 2.20. The van der Waals surface area contributed by atoms with Crippen LogP contribution in [0.2, 0.25) is 0 Å². The Hall–Kier alpha value is -1.36. The van der Waals surface area contributed by atoms with Crippen LogP contribution in [0.15, 0.2) is 24.3 Å². The third kappa shape index (κ3) is 5.16. The highest BCUT2D eigenvalue weighted by Crippen LogP contribution is 2.23. The maximum Gasteiger partial charge on any atom is 0.251 e. The Bertz CT molecular complexity index is 584. The van der Waals surface area contributed by atoms with Gasteiger partial charge in [-0.3, -0.25) is 4.79 Å². The molecule has 4 nitrogen and oxygen atoms in total. The predicted octanol–water partition coefficient (Wildman–Crippen LogP) is 2.54. The van der Waals surface area contributed by atoms with Crippen molar-refractivity contribution in [2.45, 2.75) is 44.4 Å². The average molecular weight is 309 g/mol. The zero-order chi connectivity index (χ0) is 15.5. The number of hydrogen-bond acceptors (Lipinski definition) is 3. The Labute approximate surface area is 126 Å². The first-order chi connectivity index (χ1) is 9.83. The molecule has 21 heavy (non-hydrogen) atoms. The van der Waals surface area contributed by atoms with Crippen molar-refractivity contribution in [2.24, 2.45) is 5.92 Å². The molecule has 1 aromatic carbocycles. The molecule has 0 saturated heterocycles. The molecule has 1 N–H and O–H groups in total. The van der Waals surface area contributed by atoms with Crippen molar-refractivity contribution in [3.63, 3.8) is 0 Å². The summed E-state index contributed by atoms with van der Waals surface area (Å²) in [5.41, 5.74) is 1.30. The number of carbonyl (C=O) groups is 1. The Morgan fingerprint density at radius 3 is 2.24 bits per heavy atom. The van der Waals surface area contributed by atoms with Crippen LogP contribution in [0.3, 0.4) is 0 Å². The molecule has 0 heterocycles. The second-order valence-electron chi connectivity index (χ2n) is 6.20. The second-order valence-corrected chi connectivity index (χ2v) is 8.34. The van der Waals surface area contributed by atoms with E-state index in [4.69, 9.17) is 0 Å². The summed E-state index contributed by atoms with van der Waals surface area (Å²) >= 11 is 0. The van der Waals surface area contributed by atoms with E-state index in [0.29, 0.717) is 11.1 Å². The molecule has 0 atom stereocenters. The number of benzene rings is 1. The van der Waals surface area contributed by atoms with Crippen LogP contribution in [-0.4, -0.2) is 26.6 Å². The number of carbonyl (C=O) groups excluding carboxylic acids is 1. The number of hydrogen-bond donors (Lipinski definition) is 1. The zero-order valence-corrected chi connectivity index (χ0v) is 13.4. The summed E-state index contributed by atoms with van der Waals surface area (Å²) < 4.78 is 22.5. The molecular formula is C16H23NO3S. The first-order valence-corrected chi connectivity index (χ1v) is 9.47. The standard InChI is InChI=1S/C16H23NO3S/c1-12-3-9-15(10-4-12)17-16(18)14-7-5-13(6-8-14)11-21(2,19)20/h5-8,12,15H,3-4,9-11H2,1-2H3,(H,17,18). The Morgan fingerprint density at radius 1 is 1.14 bits per heavy atom. The molecule has 0 unspecified atom stereocenters. The van der Waals surface area contributed by atoms with E-state index in [9.17, 15) is 13.2 Å². The van der Waals surface area contributed by atoms with Crippen molar-refractivity contribution in [1.82, 2.24) is 5.32 Å². The van der Waals surface area contributed by atoms with Gasteiger partial charge in [0.2, 0.25) is 0 Å². The van der Waals surface area contributed by atoms with Gasteiger partial charge in [0.15, 0.2) is 9.84 Å². The number of sulfone groups is 1. The van der Waals surface area contributed by atoms with E-state index in [1.807, 2.05) is 0 Å². The van der Waals surface area contributed by atoms with Crippen LogP contribution >= 0.6 is 0 Å². The Kier molecular flexibility index (Phi) is 5.04. The van der Waals surface area contributed by atoms with Gasteiger partial charge in [-0.25, -0.2) is 8.42 Å². The lowest BCUT2D eigenvalue weighted by Crippen LogP contribution is -2.37. The third-order valence-corrected chi connectivity index (χ3v) is 4.85. The summed E-state index contributed by atoms with van der Waals surface area (Å²) in [5, 5.41) is 3.07. The monoisotopic (exact) mass is 309 g/mol. The lowest BCUT2D eigenvalue weighted by Gasteiger charge is -2.26. The van der Waals surface area contributed by atoms with Crippen LogP contribution in [0, 0.1) is 5.92 Å². The number of amides is 1. The van der Waals surface area contributed by atoms with Crippen molar-refractivity contribution in [1.29, 1.82) is 0 Å². The Balaban J connectivity index is 1.94. The van der Waals surface area contributed by atoms with Gasteiger partial charge in [-0.1, -0.05) is 19.1 Å². The summed E-state index contributed by atoms with van der Waals surface area (Å²) in [7, 11) is -3.04. The van der Waals surface area contributed by atoms with E-state index >= 15 is 0 Å². The molecule has 1 amide bonds. The summed E-state index contributed by atoms with van der Waals surface area (Å²) in [6.07, 6.45) is 5.62. The number of nitrogens with one attached hydrogen (secondary N) is 1. The van der Waals surface area contributed by atoms with Gasteiger partial charge < -0.3 is 5.32 Å². The molecular weight excluding hydrogens is 286 g/mol. The minimum atomic E-state index is -3.04. The van der Waals surface area contributed by atoms with Gasteiger partial charge in [0.25, 0.3) is 5.91 Å². The smallest absolute Gasteiger partial charge is 0.251 e. The van der Waals surface area contributed by atoms with Crippen molar-refractivity contribution in [3.8, 4) is 0 Å². The molecule has 116 valence electrons. The zero-order valence-electron chi connectivity index (χ0n) is 12.6. The molecule has 1 saturated carbocycles. The van der Waals surface area contributed by atoms with Gasteiger partial charge in [-0.15, -0.1) is 0 Å². The lowest BCUT2D eigenvalue weighted by atomic mass is 9.87. The molecule has 0 aromatic heterocycles. The highest BCUT2D eigenvalue weighted by molar-refractivity contribution is 7.89. The van der Waals surface area contributed by atoms with Crippen molar-refractivity contribution < 1.29 is 13.2 Å². The van der Waals surface area contributed by atoms with Crippen LogP contribution in [0.25, 0.3) is 0 Å². The fourth-order valence-corrected chi connectivity index (χ4v) is 3.53. The molecule has 0 bridgehead atoms. The topological polar surface area (TPSA) is 63.2 Å². The van der Waals surface area contributed by atoms with E-state index < -0.39 is 9.84 Å². The quantitative estimate of drug-likeness (QED) is 0.929. The summed E-state index contributed by atoms with van der Waals surface area (Å²) in [4.78, 5) is 12.2. The lowest BCUT2D eigenvalue weighted by molar-refractivity contribution is 0.0923. The number of rotatable bonds is 4. The van der Waals surface area contributed by atoms with Gasteiger partial charge in [0.05, 0.1) is 5.75 Å². The van der Waals surface area contributed by atoms with Gasteiger partial charge in [-0.05, 0) is 49.3 Å². The van der Waals surface area contributed by atoms with Crippen molar-refractivity contribution in [3.05, 3.63) is 35.4 Å². The Morgan fingerprint density at radius 2 is 1.71 bits per heavy atom. The summed E-state index contributed by atoms with van der Waals surface area (Å²) in [6, 6.07) is 7.07. The summed E-state index contributed by atoms with van der Waals surface area (Å²) in [5.74, 6) is 0.698. The predicted molar refractivity (Wildman–Crippen MR) is 83.9 cm³/mol. The molecule has 1 aromatic rings. The van der Waals surface area contributed by atoms with E-state index in [2.05, 4.69) is 12.2 Å². The van der Waals surface area contributed by atoms with E-state index in [1.165, 1.54) is 6.26 Å². The van der Waals surface area contributed by atoms with Crippen molar-refractivity contribution in [2.75, 3.05) is 6.26 Å². The van der Waals surface area contributed by atoms with E-state index in [-0.39, 0.29) is 17.7 Å². The molecule has 5 heteroatoms. The van der Waals surface area contributed by atoms with Crippen LogP contribution in [-0.2, 0) is 15.6 Å². The van der Waals surface area contributed by atoms with E-state index in [1.54, 1.807) is 24.3 Å². The van der Waals surface area contributed by atoms with Gasteiger partial charge >= 0.3 is 0 Å². The molecule has 1 aliphatic carbocycles. The molecule has 1 aliphatic rings.